The second-order valence-corrected chi connectivity index (χ2v) is 6.99. The number of amides is 1. The second kappa shape index (κ2) is 6.96. The minimum absolute atomic E-state index is 0.0923. The Bertz CT molecular complexity index is 1050. The molecule has 6 heteroatoms. The smallest absolute Gasteiger partial charge is 0.226 e. The Morgan fingerprint density at radius 2 is 1.79 bits per heavy atom. The van der Waals surface area contributed by atoms with E-state index in [0.717, 1.165) is 22.5 Å². The molecule has 0 spiro atoms. The fraction of sp³-hybridized carbons (Fsp3) is 0.227. The van der Waals surface area contributed by atoms with Gasteiger partial charge >= 0.3 is 0 Å². The molecule has 1 atom stereocenters. The number of rotatable bonds is 4. The Hall–Kier alpha value is -3.41. The van der Waals surface area contributed by atoms with Crippen LogP contribution in [-0.4, -0.2) is 28.6 Å². The fourth-order valence-corrected chi connectivity index (χ4v) is 3.60. The average molecular weight is 375 g/mol. The third kappa shape index (κ3) is 3.07. The van der Waals surface area contributed by atoms with E-state index in [1.807, 2.05) is 38.1 Å². The molecule has 0 aliphatic carbocycles. The summed E-state index contributed by atoms with van der Waals surface area (Å²) in [5.41, 5.74) is 4.04. The minimum Gasteiger partial charge on any atom is -0.497 e. The number of carbonyl (C=O) groups is 2. The van der Waals surface area contributed by atoms with Gasteiger partial charge in [-0.15, -0.1) is 0 Å². The number of aromatic nitrogens is 2. The number of carbonyl (C=O) groups excluding carboxylic acids is 2. The zero-order valence-corrected chi connectivity index (χ0v) is 16.0. The maximum Gasteiger partial charge on any atom is 0.226 e. The molecule has 2 heterocycles. The summed E-state index contributed by atoms with van der Waals surface area (Å²) in [6.45, 7) is 3.88. The van der Waals surface area contributed by atoms with Crippen molar-refractivity contribution in [1.29, 1.82) is 0 Å². The van der Waals surface area contributed by atoms with E-state index in [0.29, 0.717) is 17.1 Å². The summed E-state index contributed by atoms with van der Waals surface area (Å²) < 4.78 is 6.86. The number of nitrogens with zero attached hydrogens (tertiary/aromatic N) is 2. The molecule has 1 N–H and O–H groups in total. The number of fused-ring (bicyclic) bond motifs is 1. The fourth-order valence-electron chi connectivity index (χ4n) is 3.60. The van der Waals surface area contributed by atoms with Crippen LogP contribution >= 0.6 is 0 Å². The Morgan fingerprint density at radius 1 is 1.11 bits per heavy atom. The number of hydrogen-bond acceptors (Lipinski definition) is 4. The second-order valence-electron chi connectivity index (χ2n) is 6.99. The molecule has 0 saturated heterocycles. The van der Waals surface area contributed by atoms with Crippen molar-refractivity contribution in [3.63, 3.8) is 0 Å². The molecule has 2 aromatic carbocycles. The van der Waals surface area contributed by atoms with Crippen LogP contribution < -0.4 is 10.1 Å². The highest BCUT2D eigenvalue weighted by Crippen LogP contribution is 2.38. The monoisotopic (exact) mass is 375 g/mol. The van der Waals surface area contributed by atoms with E-state index in [4.69, 9.17) is 4.74 Å². The van der Waals surface area contributed by atoms with E-state index in [2.05, 4.69) is 10.4 Å². The quantitative estimate of drug-likeness (QED) is 0.704. The van der Waals surface area contributed by atoms with Crippen molar-refractivity contribution in [2.45, 2.75) is 26.2 Å². The average Bonchev–Trinajstić information content (AvgIpc) is 3.03. The van der Waals surface area contributed by atoms with Gasteiger partial charge in [-0.1, -0.05) is 17.7 Å². The van der Waals surface area contributed by atoms with Crippen LogP contribution in [0.2, 0.25) is 0 Å². The third-order valence-electron chi connectivity index (χ3n) is 5.07. The van der Waals surface area contributed by atoms with E-state index in [1.54, 1.807) is 36.1 Å². The first-order valence-corrected chi connectivity index (χ1v) is 9.12. The molecule has 1 aromatic heterocycles. The van der Waals surface area contributed by atoms with Crippen molar-refractivity contribution >= 4 is 17.5 Å². The van der Waals surface area contributed by atoms with Crippen LogP contribution in [-0.2, 0) is 4.79 Å². The molecule has 6 nitrogen and oxygen atoms in total. The van der Waals surface area contributed by atoms with E-state index < -0.39 is 5.92 Å². The number of aryl methyl sites for hydroxylation is 2. The van der Waals surface area contributed by atoms with E-state index in [9.17, 15) is 9.59 Å². The van der Waals surface area contributed by atoms with Crippen molar-refractivity contribution in [2.24, 2.45) is 0 Å². The molecular formula is C22H21N3O3. The number of ketones is 1. The highest BCUT2D eigenvalue weighted by Gasteiger charge is 2.36. The molecule has 28 heavy (non-hydrogen) atoms. The summed E-state index contributed by atoms with van der Waals surface area (Å²) in [7, 11) is 1.58. The Kier molecular flexibility index (Phi) is 4.47. The van der Waals surface area contributed by atoms with Crippen molar-refractivity contribution in [3.8, 4) is 11.4 Å². The lowest BCUT2D eigenvalue weighted by Gasteiger charge is -2.23. The van der Waals surface area contributed by atoms with Gasteiger partial charge in [-0.2, -0.15) is 5.10 Å². The summed E-state index contributed by atoms with van der Waals surface area (Å²) in [6, 6.07) is 14.8. The predicted octanol–water partition coefficient (Wildman–Crippen LogP) is 3.81. The van der Waals surface area contributed by atoms with Crippen molar-refractivity contribution < 1.29 is 14.3 Å². The lowest BCUT2D eigenvalue weighted by molar-refractivity contribution is -0.116. The van der Waals surface area contributed by atoms with Crippen LogP contribution in [0.15, 0.2) is 48.5 Å². The highest BCUT2D eigenvalue weighted by atomic mass is 16.5. The summed E-state index contributed by atoms with van der Waals surface area (Å²) in [5.74, 6) is 0.417. The number of ether oxygens (including phenoxy) is 1. The standard InChI is InChI=1S/C22H21N3O3/c1-13-4-8-16(9-5-13)25-22-20(14(2)24-25)18(12-19(26)23-22)21(27)15-6-10-17(28-3)11-7-15/h4-11,18H,12H2,1-3H3,(H,23,26). The number of methoxy groups -OCH3 is 1. The van der Waals surface area contributed by atoms with Crippen molar-refractivity contribution in [2.75, 3.05) is 12.4 Å². The number of benzene rings is 2. The molecule has 1 aliphatic rings. The van der Waals surface area contributed by atoms with Gasteiger partial charge < -0.3 is 10.1 Å². The first-order chi connectivity index (χ1) is 13.5. The summed E-state index contributed by atoms with van der Waals surface area (Å²) in [5, 5.41) is 7.52. The first-order valence-electron chi connectivity index (χ1n) is 9.12. The first kappa shape index (κ1) is 18.0. The molecule has 0 radical (unpaired) electrons. The zero-order valence-electron chi connectivity index (χ0n) is 16.0. The highest BCUT2D eigenvalue weighted by molar-refractivity contribution is 6.08. The van der Waals surface area contributed by atoms with Gasteiger partial charge in [0.2, 0.25) is 5.91 Å². The maximum atomic E-state index is 13.2. The Balaban J connectivity index is 1.77. The zero-order chi connectivity index (χ0) is 19.8. The number of Topliss-reactive ketones (excluding diaryl/α,β-unsaturated/α-hetero) is 1. The van der Waals surface area contributed by atoms with Crippen LogP contribution in [0.25, 0.3) is 5.69 Å². The molecule has 1 unspecified atom stereocenters. The molecule has 1 amide bonds. The molecule has 3 aromatic rings. The van der Waals surface area contributed by atoms with Gasteiger partial charge in [0, 0.05) is 17.5 Å². The number of hydrogen-bond donors (Lipinski definition) is 1. The lowest BCUT2D eigenvalue weighted by Crippen LogP contribution is -2.28. The maximum absolute atomic E-state index is 13.2. The lowest BCUT2D eigenvalue weighted by atomic mass is 9.85. The van der Waals surface area contributed by atoms with Gasteiger partial charge in [0.15, 0.2) is 5.78 Å². The van der Waals surface area contributed by atoms with Crippen LogP contribution in [0, 0.1) is 13.8 Å². The summed E-state index contributed by atoms with van der Waals surface area (Å²) >= 11 is 0. The topological polar surface area (TPSA) is 73.2 Å². The molecular weight excluding hydrogens is 354 g/mol. The Labute approximate surface area is 163 Å². The van der Waals surface area contributed by atoms with Crippen LogP contribution in [0.3, 0.4) is 0 Å². The van der Waals surface area contributed by atoms with Gasteiger partial charge in [0.1, 0.15) is 11.6 Å². The normalized spacial score (nSPS) is 15.7. The largest absolute Gasteiger partial charge is 0.497 e. The molecule has 4 rings (SSSR count). The van der Waals surface area contributed by atoms with E-state index >= 15 is 0 Å². The molecule has 0 bridgehead atoms. The SMILES string of the molecule is COc1ccc(C(=O)C2CC(=O)Nc3c2c(C)nn3-c2ccc(C)cc2)cc1. The van der Waals surface area contributed by atoms with Gasteiger partial charge in [0.25, 0.3) is 0 Å². The molecule has 0 saturated carbocycles. The van der Waals surface area contributed by atoms with Gasteiger partial charge in [-0.05, 0) is 50.2 Å². The molecule has 0 fully saturated rings. The summed E-state index contributed by atoms with van der Waals surface area (Å²) in [4.78, 5) is 25.6. The van der Waals surface area contributed by atoms with Gasteiger partial charge in [-0.3, -0.25) is 9.59 Å². The van der Waals surface area contributed by atoms with Gasteiger partial charge in [-0.25, -0.2) is 4.68 Å². The van der Waals surface area contributed by atoms with E-state index in [-0.39, 0.29) is 18.1 Å². The number of anilines is 1. The predicted molar refractivity (Wildman–Crippen MR) is 106 cm³/mol. The number of nitrogens with one attached hydrogen (secondary N) is 1. The van der Waals surface area contributed by atoms with Crippen LogP contribution in [0.4, 0.5) is 5.82 Å². The van der Waals surface area contributed by atoms with Crippen LogP contribution in [0.1, 0.15) is 39.5 Å². The third-order valence-corrected chi connectivity index (χ3v) is 5.07. The minimum atomic E-state index is -0.559. The molecule has 1 aliphatic heterocycles. The van der Waals surface area contributed by atoms with E-state index in [1.165, 1.54) is 0 Å². The van der Waals surface area contributed by atoms with Gasteiger partial charge in [0.05, 0.1) is 24.4 Å². The molecule has 142 valence electrons. The summed E-state index contributed by atoms with van der Waals surface area (Å²) in [6.07, 6.45) is 0.109. The Morgan fingerprint density at radius 3 is 2.43 bits per heavy atom. The van der Waals surface area contributed by atoms with Crippen molar-refractivity contribution in [1.82, 2.24) is 9.78 Å². The van der Waals surface area contributed by atoms with Crippen molar-refractivity contribution in [3.05, 3.63) is 70.9 Å². The van der Waals surface area contributed by atoms with Crippen LogP contribution in [0.5, 0.6) is 5.75 Å².